The number of alkyl halides is 3. The number of amides is 2. The molecule has 1 aromatic rings. The van der Waals surface area contributed by atoms with Crippen LogP contribution in [0.15, 0.2) is 24.3 Å². The van der Waals surface area contributed by atoms with E-state index in [1.165, 1.54) is 6.07 Å². The summed E-state index contributed by atoms with van der Waals surface area (Å²) in [6.07, 6.45) is -3.65. The molecule has 22 heavy (non-hydrogen) atoms. The smallest absolute Gasteiger partial charge is 0.416 e. The molecule has 2 amide bonds. The van der Waals surface area contributed by atoms with Crippen molar-refractivity contribution in [3.8, 4) is 0 Å². The van der Waals surface area contributed by atoms with Crippen LogP contribution in [0.4, 0.5) is 18.0 Å². The Morgan fingerprint density at radius 2 is 1.82 bits per heavy atom. The fourth-order valence-corrected chi connectivity index (χ4v) is 1.74. The van der Waals surface area contributed by atoms with Gasteiger partial charge in [0.05, 0.1) is 12.0 Å². The lowest BCUT2D eigenvalue weighted by atomic mass is 10.1. The highest BCUT2D eigenvalue weighted by Gasteiger charge is 2.30. The molecule has 0 saturated heterocycles. The fourth-order valence-electron chi connectivity index (χ4n) is 1.74. The third kappa shape index (κ3) is 6.96. The highest BCUT2D eigenvalue weighted by molar-refractivity contribution is 5.74. The number of benzene rings is 1. The molecule has 5 nitrogen and oxygen atoms in total. The van der Waals surface area contributed by atoms with Crippen LogP contribution in [0.5, 0.6) is 0 Å². The van der Waals surface area contributed by atoms with Crippen molar-refractivity contribution in [3.63, 3.8) is 0 Å². The summed E-state index contributed by atoms with van der Waals surface area (Å²) in [5.74, 6) is -1.01. The molecule has 0 spiro atoms. The van der Waals surface area contributed by atoms with Crippen LogP contribution in [-0.4, -0.2) is 30.2 Å². The van der Waals surface area contributed by atoms with E-state index in [4.69, 9.17) is 5.11 Å². The second kappa shape index (κ2) is 8.26. The third-order valence-electron chi connectivity index (χ3n) is 2.81. The van der Waals surface area contributed by atoms with Gasteiger partial charge in [-0.2, -0.15) is 13.2 Å². The molecule has 0 aromatic heterocycles. The molecule has 0 saturated carbocycles. The first-order chi connectivity index (χ1) is 10.3. The number of carboxylic acid groups (broad SMARTS) is 1. The lowest BCUT2D eigenvalue weighted by molar-refractivity contribution is -0.138. The van der Waals surface area contributed by atoms with Gasteiger partial charge >= 0.3 is 18.2 Å². The molecule has 0 heterocycles. The minimum atomic E-state index is -4.36. The van der Waals surface area contributed by atoms with Gasteiger partial charge in [-0.3, -0.25) is 4.79 Å². The van der Waals surface area contributed by atoms with Crippen LogP contribution in [0.1, 0.15) is 24.0 Å². The van der Waals surface area contributed by atoms with E-state index in [0.29, 0.717) is 18.4 Å². The maximum atomic E-state index is 12.5. The number of halogens is 3. The summed E-state index contributed by atoms with van der Waals surface area (Å²) < 4.78 is 37.6. The van der Waals surface area contributed by atoms with Crippen molar-refractivity contribution < 1.29 is 27.9 Å². The van der Waals surface area contributed by atoms with Gasteiger partial charge in [-0.15, -0.1) is 0 Å². The van der Waals surface area contributed by atoms with Gasteiger partial charge in [-0.25, -0.2) is 4.79 Å². The minimum absolute atomic E-state index is 0.0226. The van der Waals surface area contributed by atoms with Crippen molar-refractivity contribution >= 4 is 12.0 Å². The second-order valence-electron chi connectivity index (χ2n) is 4.63. The Morgan fingerprint density at radius 3 is 2.45 bits per heavy atom. The molecule has 8 heteroatoms. The number of hydrogen-bond donors (Lipinski definition) is 3. The molecule has 122 valence electrons. The van der Waals surface area contributed by atoms with E-state index in [-0.39, 0.29) is 19.5 Å². The summed E-state index contributed by atoms with van der Waals surface area (Å²) in [5.41, 5.74) is -0.146. The average molecular weight is 318 g/mol. The summed E-state index contributed by atoms with van der Waals surface area (Å²) in [7, 11) is 0. The topological polar surface area (TPSA) is 78.4 Å². The molecule has 0 bridgehead atoms. The Hall–Kier alpha value is -2.25. The van der Waals surface area contributed by atoms with Gasteiger partial charge < -0.3 is 15.7 Å². The highest BCUT2D eigenvalue weighted by atomic mass is 19.4. The van der Waals surface area contributed by atoms with Gasteiger partial charge in [-0.1, -0.05) is 18.2 Å². The van der Waals surface area contributed by atoms with Crippen LogP contribution in [0.3, 0.4) is 0 Å². The highest BCUT2D eigenvalue weighted by Crippen LogP contribution is 2.29. The zero-order valence-corrected chi connectivity index (χ0v) is 11.7. The molecule has 0 fully saturated rings. The predicted molar refractivity (Wildman–Crippen MR) is 73.4 cm³/mol. The zero-order chi connectivity index (χ0) is 16.6. The molecule has 0 aliphatic carbocycles. The standard InChI is InChI=1S/C14H17F3N2O3/c15-14(16,17)11-5-1-3-10(9-11)4-2-7-18-13(22)19-8-6-12(20)21/h1,3,5,9H,2,4,6-8H2,(H,20,21)(H2,18,19,22). The quantitative estimate of drug-likeness (QED) is 0.676. The van der Waals surface area contributed by atoms with Crippen molar-refractivity contribution in [3.05, 3.63) is 35.4 Å². The van der Waals surface area contributed by atoms with E-state index in [1.807, 2.05) is 0 Å². The number of hydrogen-bond acceptors (Lipinski definition) is 2. The molecule has 0 radical (unpaired) electrons. The number of aryl methyl sites for hydroxylation is 1. The van der Waals surface area contributed by atoms with Gasteiger partial charge in [0.15, 0.2) is 0 Å². The van der Waals surface area contributed by atoms with E-state index in [2.05, 4.69) is 10.6 Å². The van der Waals surface area contributed by atoms with Crippen LogP contribution in [-0.2, 0) is 17.4 Å². The van der Waals surface area contributed by atoms with Crippen LogP contribution in [0.25, 0.3) is 0 Å². The summed E-state index contributed by atoms with van der Waals surface area (Å²) >= 11 is 0. The monoisotopic (exact) mass is 318 g/mol. The molecule has 0 aliphatic heterocycles. The normalized spacial score (nSPS) is 11.0. The van der Waals surface area contributed by atoms with Crippen LogP contribution < -0.4 is 10.6 Å². The summed E-state index contributed by atoms with van der Waals surface area (Å²) in [4.78, 5) is 21.5. The van der Waals surface area contributed by atoms with Crippen molar-refractivity contribution in [2.24, 2.45) is 0 Å². The van der Waals surface area contributed by atoms with E-state index in [9.17, 15) is 22.8 Å². The Bertz CT molecular complexity index is 518. The molecule has 0 aliphatic rings. The van der Waals surface area contributed by atoms with Crippen molar-refractivity contribution in [1.82, 2.24) is 10.6 Å². The van der Waals surface area contributed by atoms with E-state index >= 15 is 0 Å². The number of carbonyl (C=O) groups is 2. The molecule has 1 rings (SSSR count). The Morgan fingerprint density at radius 1 is 1.14 bits per heavy atom. The molecular weight excluding hydrogens is 301 g/mol. The minimum Gasteiger partial charge on any atom is -0.481 e. The van der Waals surface area contributed by atoms with Gasteiger partial charge in [0, 0.05) is 13.1 Å². The number of urea groups is 1. The number of carboxylic acids is 1. The lowest BCUT2D eigenvalue weighted by Crippen LogP contribution is -2.37. The van der Waals surface area contributed by atoms with Gasteiger partial charge in [0.1, 0.15) is 0 Å². The first-order valence-corrected chi connectivity index (χ1v) is 6.68. The number of aliphatic carboxylic acids is 1. The Balaban J connectivity index is 2.27. The van der Waals surface area contributed by atoms with E-state index in [0.717, 1.165) is 12.1 Å². The molecule has 1 aromatic carbocycles. The number of nitrogens with one attached hydrogen (secondary N) is 2. The Kier molecular flexibility index (Phi) is 6.68. The van der Waals surface area contributed by atoms with Gasteiger partial charge in [0.25, 0.3) is 0 Å². The van der Waals surface area contributed by atoms with Crippen LogP contribution in [0.2, 0.25) is 0 Å². The SMILES string of the molecule is O=C(O)CCNC(=O)NCCCc1cccc(C(F)(F)F)c1. The largest absolute Gasteiger partial charge is 0.481 e. The van der Waals surface area contributed by atoms with Gasteiger partial charge in [0.2, 0.25) is 0 Å². The van der Waals surface area contributed by atoms with E-state index < -0.39 is 23.7 Å². The van der Waals surface area contributed by atoms with E-state index in [1.54, 1.807) is 6.07 Å². The maximum absolute atomic E-state index is 12.5. The van der Waals surface area contributed by atoms with Crippen molar-refractivity contribution in [2.45, 2.75) is 25.4 Å². The molecule has 0 atom stereocenters. The summed E-state index contributed by atoms with van der Waals surface area (Å²) in [6.45, 7) is 0.309. The first kappa shape index (κ1) is 17.8. The molecular formula is C14H17F3N2O3. The predicted octanol–water partition coefficient (Wildman–Crippen LogP) is 2.41. The fraction of sp³-hybridized carbons (Fsp3) is 0.429. The number of rotatable bonds is 7. The molecule has 3 N–H and O–H groups in total. The maximum Gasteiger partial charge on any atom is 0.416 e. The lowest BCUT2D eigenvalue weighted by Gasteiger charge is -2.09. The average Bonchev–Trinajstić information content (AvgIpc) is 2.42. The third-order valence-corrected chi connectivity index (χ3v) is 2.81. The summed E-state index contributed by atoms with van der Waals surface area (Å²) in [6, 6.07) is 4.56. The summed E-state index contributed by atoms with van der Waals surface area (Å²) in [5, 5.41) is 13.3. The molecule has 0 unspecified atom stereocenters. The van der Waals surface area contributed by atoms with Crippen molar-refractivity contribution in [2.75, 3.05) is 13.1 Å². The van der Waals surface area contributed by atoms with Gasteiger partial charge in [-0.05, 0) is 24.5 Å². The van der Waals surface area contributed by atoms with Crippen molar-refractivity contribution in [1.29, 1.82) is 0 Å². The van der Waals surface area contributed by atoms with Crippen LogP contribution >= 0.6 is 0 Å². The first-order valence-electron chi connectivity index (χ1n) is 6.68. The second-order valence-corrected chi connectivity index (χ2v) is 4.63. The Labute approximate surface area is 125 Å². The number of carbonyl (C=O) groups excluding carboxylic acids is 1. The van der Waals surface area contributed by atoms with Crippen LogP contribution in [0, 0.1) is 0 Å². The zero-order valence-electron chi connectivity index (χ0n) is 11.7.